The molecule has 6 nitrogen and oxygen atoms in total. The van der Waals surface area contributed by atoms with Crippen molar-refractivity contribution in [1.29, 1.82) is 0 Å². The zero-order valence-electron chi connectivity index (χ0n) is 14.8. The van der Waals surface area contributed by atoms with E-state index in [4.69, 9.17) is 0 Å². The molecule has 1 spiro atoms. The molecule has 1 aromatic rings. The van der Waals surface area contributed by atoms with Gasteiger partial charge in [0.05, 0.1) is 0 Å². The first-order valence-electron chi connectivity index (χ1n) is 8.89. The van der Waals surface area contributed by atoms with Gasteiger partial charge in [-0.2, -0.15) is 0 Å². The zero-order chi connectivity index (χ0) is 18.0. The number of benzene rings is 1. The number of rotatable bonds is 4. The van der Waals surface area contributed by atoms with E-state index < -0.39 is 11.6 Å². The van der Waals surface area contributed by atoms with Crippen LogP contribution in [0.3, 0.4) is 0 Å². The monoisotopic (exact) mass is 343 g/mol. The van der Waals surface area contributed by atoms with Gasteiger partial charge in [0.1, 0.15) is 12.1 Å². The van der Waals surface area contributed by atoms with Gasteiger partial charge in [0.25, 0.3) is 5.91 Å². The molecule has 0 bridgehead atoms. The van der Waals surface area contributed by atoms with Crippen LogP contribution in [-0.4, -0.2) is 34.8 Å². The predicted octanol–water partition coefficient (Wildman–Crippen LogP) is 2.11. The fourth-order valence-corrected chi connectivity index (χ4v) is 3.84. The highest BCUT2D eigenvalue weighted by atomic mass is 16.2. The van der Waals surface area contributed by atoms with Crippen LogP contribution < -0.4 is 10.6 Å². The predicted molar refractivity (Wildman–Crippen MR) is 93.6 cm³/mol. The Labute approximate surface area is 148 Å². The van der Waals surface area contributed by atoms with E-state index in [1.54, 1.807) is 0 Å². The van der Waals surface area contributed by atoms with E-state index in [-0.39, 0.29) is 24.3 Å². The van der Waals surface area contributed by atoms with Crippen LogP contribution in [0.5, 0.6) is 0 Å². The summed E-state index contributed by atoms with van der Waals surface area (Å²) in [6.07, 6.45) is 3.56. The lowest BCUT2D eigenvalue weighted by Crippen LogP contribution is -2.54. The van der Waals surface area contributed by atoms with Crippen molar-refractivity contribution in [2.45, 2.75) is 51.6 Å². The number of aryl methyl sites for hydroxylation is 1. The summed E-state index contributed by atoms with van der Waals surface area (Å²) < 4.78 is 0. The number of urea groups is 1. The molecule has 25 heavy (non-hydrogen) atoms. The van der Waals surface area contributed by atoms with Crippen LogP contribution in [-0.2, 0) is 16.1 Å². The number of carbonyl (C=O) groups excluding carboxylic acids is 3. The minimum absolute atomic E-state index is 0.0951. The number of nitrogens with one attached hydrogen (secondary N) is 2. The summed E-state index contributed by atoms with van der Waals surface area (Å²) in [7, 11) is 0. The zero-order valence-corrected chi connectivity index (χ0v) is 14.8. The van der Waals surface area contributed by atoms with Gasteiger partial charge < -0.3 is 10.6 Å². The van der Waals surface area contributed by atoms with Crippen molar-refractivity contribution in [1.82, 2.24) is 15.5 Å². The summed E-state index contributed by atoms with van der Waals surface area (Å²) in [6, 6.07) is 7.33. The summed E-state index contributed by atoms with van der Waals surface area (Å²) in [5.41, 5.74) is 1.30. The van der Waals surface area contributed by atoms with Crippen LogP contribution >= 0.6 is 0 Å². The van der Waals surface area contributed by atoms with Crippen molar-refractivity contribution < 1.29 is 14.4 Å². The number of carbonyl (C=O) groups is 3. The van der Waals surface area contributed by atoms with Crippen molar-refractivity contribution in [3.63, 3.8) is 0 Å². The normalized spacial score (nSPS) is 26.0. The van der Waals surface area contributed by atoms with Crippen molar-refractivity contribution in [2.75, 3.05) is 6.54 Å². The Balaban J connectivity index is 1.62. The lowest BCUT2D eigenvalue weighted by molar-refractivity contribution is -0.137. The molecule has 1 heterocycles. The molecule has 2 atom stereocenters. The number of nitrogens with zero attached hydrogens (tertiary/aromatic N) is 1. The van der Waals surface area contributed by atoms with Crippen molar-refractivity contribution in [3.05, 3.63) is 35.4 Å². The van der Waals surface area contributed by atoms with E-state index in [2.05, 4.69) is 10.6 Å². The second-order valence-electron chi connectivity index (χ2n) is 7.14. The summed E-state index contributed by atoms with van der Waals surface area (Å²) in [5, 5.41) is 5.66. The highest BCUT2D eigenvalue weighted by molar-refractivity contribution is 6.09. The van der Waals surface area contributed by atoms with Crippen LogP contribution in [0.2, 0.25) is 0 Å². The molecule has 134 valence electrons. The summed E-state index contributed by atoms with van der Waals surface area (Å²) in [6.45, 7) is 4.13. The molecule has 4 amide bonds. The minimum atomic E-state index is -0.814. The number of amides is 4. The van der Waals surface area contributed by atoms with Gasteiger partial charge in [-0.1, -0.05) is 44.0 Å². The van der Waals surface area contributed by atoms with Crippen LogP contribution in [0.4, 0.5) is 4.79 Å². The van der Waals surface area contributed by atoms with Gasteiger partial charge in [-0.15, -0.1) is 0 Å². The molecular weight excluding hydrogens is 318 g/mol. The van der Waals surface area contributed by atoms with Crippen LogP contribution in [0.15, 0.2) is 24.3 Å². The van der Waals surface area contributed by atoms with Crippen molar-refractivity contribution in [2.24, 2.45) is 5.92 Å². The second-order valence-corrected chi connectivity index (χ2v) is 7.14. The van der Waals surface area contributed by atoms with Crippen molar-refractivity contribution in [3.8, 4) is 0 Å². The highest BCUT2D eigenvalue weighted by Gasteiger charge is 2.55. The minimum Gasteiger partial charge on any atom is -0.350 e. The molecule has 2 fully saturated rings. The van der Waals surface area contributed by atoms with E-state index in [0.29, 0.717) is 13.0 Å². The summed E-state index contributed by atoms with van der Waals surface area (Å²) >= 11 is 0. The molecule has 6 heteroatoms. The van der Waals surface area contributed by atoms with Crippen LogP contribution in [0.25, 0.3) is 0 Å². The number of imide groups is 1. The smallest absolute Gasteiger partial charge is 0.325 e. The summed E-state index contributed by atoms with van der Waals surface area (Å²) in [5.74, 6) is -0.485. The maximum atomic E-state index is 12.8. The second kappa shape index (κ2) is 6.86. The fraction of sp³-hybridized carbons (Fsp3) is 0.526. The number of hydrogen-bond donors (Lipinski definition) is 2. The van der Waals surface area contributed by atoms with Gasteiger partial charge in [0.15, 0.2) is 0 Å². The third-order valence-corrected chi connectivity index (χ3v) is 5.54. The third-order valence-electron chi connectivity index (χ3n) is 5.54. The first-order valence-corrected chi connectivity index (χ1v) is 8.89. The Hall–Kier alpha value is -2.37. The van der Waals surface area contributed by atoms with Gasteiger partial charge >= 0.3 is 6.03 Å². The SMILES string of the molecule is Cc1ccccc1CNC(=O)CN1C(=O)N[C@]2(CCCC[C@@H]2C)C1=O. The Morgan fingerprint density at radius 3 is 2.80 bits per heavy atom. The first kappa shape index (κ1) is 17.5. The Bertz CT molecular complexity index is 703. The van der Waals surface area contributed by atoms with Gasteiger partial charge in [-0.25, -0.2) is 4.79 Å². The van der Waals surface area contributed by atoms with Gasteiger partial charge in [-0.05, 0) is 36.8 Å². The molecule has 1 saturated carbocycles. The average molecular weight is 343 g/mol. The topological polar surface area (TPSA) is 78.5 Å². The Kier molecular flexibility index (Phi) is 4.79. The Morgan fingerprint density at radius 1 is 1.32 bits per heavy atom. The molecule has 0 radical (unpaired) electrons. The van der Waals surface area contributed by atoms with E-state index in [0.717, 1.165) is 35.3 Å². The lowest BCUT2D eigenvalue weighted by Gasteiger charge is -2.36. The Morgan fingerprint density at radius 2 is 2.08 bits per heavy atom. The molecule has 1 saturated heterocycles. The molecule has 0 aromatic heterocycles. The van der Waals surface area contributed by atoms with Gasteiger partial charge in [0, 0.05) is 6.54 Å². The molecule has 0 unspecified atom stereocenters. The molecule has 1 aliphatic carbocycles. The first-order chi connectivity index (χ1) is 11.9. The van der Waals surface area contributed by atoms with E-state index in [9.17, 15) is 14.4 Å². The molecule has 3 rings (SSSR count). The maximum Gasteiger partial charge on any atom is 0.325 e. The molecular formula is C19H25N3O3. The molecule has 2 aliphatic rings. The highest BCUT2D eigenvalue weighted by Crippen LogP contribution is 2.38. The third kappa shape index (κ3) is 3.25. The average Bonchev–Trinajstić information content (AvgIpc) is 2.82. The van der Waals surface area contributed by atoms with Crippen molar-refractivity contribution >= 4 is 17.8 Å². The number of hydrogen-bond acceptors (Lipinski definition) is 3. The van der Waals surface area contributed by atoms with Crippen LogP contribution in [0, 0.1) is 12.8 Å². The standard InChI is InChI=1S/C19H25N3O3/c1-13-7-3-4-9-15(13)11-20-16(23)12-22-17(24)19(21-18(22)25)10-6-5-8-14(19)2/h3-4,7,9,14H,5-6,8,10-12H2,1-2H3,(H,20,23)(H,21,25)/t14-,19-/m0/s1. The lowest BCUT2D eigenvalue weighted by atomic mass is 9.73. The molecule has 1 aliphatic heterocycles. The van der Waals surface area contributed by atoms with E-state index >= 15 is 0 Å². The van der Waals surface area contributed by atoms with Crippen LogP contribution in [0.1, 0.15) is 43.7 Å². The molecule has 1 aromatic carbocycles. The van der Waals surface area contributed by atoms with Gasteiger partial charge in [-0.3, -0.25) is 14.5 Å². The summed E-state index contributed by atoms with van der Waals surface area (Å²) in [4.78, 5) is 38.4. The molecule has 2 N–H and O–H groups in total. The largest absolute Gasteiger partial charge is 0.350 e. The quantitative estimate of drug-likeness (QED) is 0.822. The fourth-order valence-electron chi connectivity index (χ4n) is 3.84. The van der Waals surface area contributed by atoms with E-state index in [1.165, 1.54) is 0 Å². The van der Waals surface area contributed by atoms with E-state index in [1.807, 2.05) is 38.1 Å². The maximum absolute atomic E-state index is 12.8. The van der Waals surface area contributed by atoms with Gasteiger partial charge in [0.2, 0.25) is 5.91 Å².